The first-order valence-electron chi connectivity index (χ1n) is 2.37. The van der Waals surface area contributed by atoms with E-state index in [0.717, 1.165) is 0 Å². The third-order valence-corrected chi connectivity index (χ3v) is 0.774. The summed E-state index contributed by atoms with van der Waals surface area (Å²) >= 11 is 0. The molecule has 1 heteroatoms. The predicted octanol–water partition coefficient (Wildman–Crippen LogP) is 0.922. The lowest BCUT2D eigenvalue weighted by Crippen LogP contribution is -2.06. The summed E-state index contributed by atoms with van der Waals surface area (Å²) in [4.78, 5) is 0. The van der Waals surface area contributed by atoms with Crippen molar-refractivity contribution in [3.05, 3.63) is 18.4 Å². The Bertz CT molecular complexity index is 80.2. The highest BCUT2D eigenvalue weighted by atomic mass is 14.5. The molecular weight excluding hydrogens is 86.1 g/mol. The van der Waals surface area contributed by atoms with E-state index < -0.39 is 0 Å². The van der Waals surface area contributed by atoms with Crippen molar-refractivity contribution < 1.29 is 0 Å². The topological polar surface area (TPSA) is 26.0 Å². The summed E-state index contributed by atoms with van der Waals surface area (Å²) in [5, 5.41) is 0. The minimum Gasteiger partial charge on any atom is -0.330 e. The molecular formula is C6H11N. The van der Waals surface area contributed by atoms with Crippen LogP contribution in [0.3, 0.4) is 0 Å². The van der Waals surface area contributed by atoms with Gasteiger partial charge in [-0.1, -0.05) is 13.5 Å². The third-order valence-electron chi connectivity index (χ3n) is 0.774. The predicted molar refractivity (Wildman–Crippen MR) is 31.9 cm³/mol. The maximum absolute atomic E-state index is 5.26. The van der Waals surface area contributed by atoms with E-state index >= 15 is 0 Å². The number of rotatable bonds is 2. The zero-order chi connectivity index (χ0) is 5.70. The number of hydrogen-bond donors (Lipinski definition) is 1. The molecule has 0 heterocycles. The molecule has 7 heavy (non-hydrogen) atoms. The van der Waals surface area contributed by atoms with Gasteiger partial charge in [-0.3, -0.25) is 0 Å². The number of hydrogen-bond acceptors (Lipinski definition) is 1. The summed E-state index contributed by atoms with van der Waals surface area (Å²) in [7, 11) is 0. The molecule has 0 aromatic rings. The second-order valence-electron chi connectivity index (χ2n) is 1.58. The van der Waals surface area contributed by atoms with Crippen LogP contribution < -0.4 is 5.73 Å². The Morgan fingerprint density at radius 1 is 2.00 bits per heavy atom. The molecule has 0 aromatic heterocycles. The summed E-state index contributed by atoms with van der Waals surface area (Å²) in [5.41, 5.74) is 7.92. The van der Waals surface area contributed by atoms with Gasteiger partial charge in [0, 0.05) is 0 Å². The van der Waals surface area contributed by atoms with Crippen LogP contribution in [0.25, 0.3) is 0 Å². The quantitative estimate of drug-likeness (QED) is 0.509. The second kappa shape index (κ2) is 3.66. The molecule has 40 valence electrons. The van der Waals surface area contributed by atoms with Crippen LogP contribution in [0.5, 0.6) is 0 Å². The first kappa shape index (κ1) is 6.48. The molecule has 0 spiro atoms. The smallest absolute Gasteiger partial charge is 0.00107 e. The van der Waals surface area contributed by atoms with Crippen LogP contribution in [0.1, 0.15) is 6.92 Å². The van der Waals surface area contributed by atoms with Crippen LogP contribution in [-0.4, -0.2) is 6.54 Å². The van der Waals surface area contributed by atoms with Crippen LogP contribution in [0, 0.1) is 5.92 Å². The van der Waals surface area contributed by atoms with Crippen molar-refractivity contribution in [3.8, 4) is 0 Å². The van der Waals surface area contributed by atoms with E-state index in [9.17, 15) is 0 Å². The monoisotopic (exact) mass is 97.1 g/mol. The fourth-order valence-corrected chi connectivity index (χ4v) is 0.269. The van der Waals surface area contributed by atoms with Crippen molar-refractivity contribution in [1.29, 1.82) is 0 Å². The van der Waals surface area contributed by atoms with Crippen LogP contribution >= 0.6 is 0 Å². The normalized spacial score (nSPS) is 12.3. The summed E-state index contributed by atoms with van der Waals surface area (Å²) < 4.78 is 0. The van der Waals surface area contributed by atoms with Gasteiger partial charge in [-0.2, -0.15) is 0 Å². The van der Waals surface area contributed by atoms with Crippen molar-refractivity contribution >= 4 is 0 Å². The molecule has 0 radical (unpaired) electrons. The van der Waals surface area contributed by atoms with Gasteiger partial charge in [0.05, 0.1) is 0 Å². The largest absolute Gasteiger partial charge is 0.330 e. The van der Waals surface area contributed by atoms with Crippen LogP contribution in [0.15, 0.2) is 18.4 Å². The van der Waals surface area contributed by atoms with E-state index in [1.807, 2.05) is 13.0 Å². The lowest BCUT2D eigenvalue weighted by atomic mass is 10.2. The summed E-state index contributed by atoms with van der Waals surface area (Å²) in [6, 6.07) is 0. The van der Waals surface area contributed by atoms with E-state index in [1.54, 1.807) is 0 Å². The molecule has 0 rings (SSSR count). The Kier molecular flexibility index (Phi) is 3.39. The van der Waals surface area contributed by atoms with Gasteiger partial charge in [0.25, 0.3) is 0 Å². The van der Waals surface area contributed by atoms with Gasteiger partial charge in [0.2, 0.25) is 0 Å². The fraction of sp³-hybridized carbons (Fsp3) is 0.500. The average molecular weight is 97.2 g/mol. The lowest BCUT2D eigenvalue weighted by molar-refractivity contribution is 0.741. The van der Waals surface area contributed by atoms with Gasteiger partial charge in [0.15, 0.2) is 0 Å². The molecule has 1 unspecified atom stereocenters. The molecule has 0 aromatic carbocycles. The average Bonchev–Trinajstić information content (AvgIpc) is 1.68. The third kappa shape index (κ3) is 3.31. The summed E-state index contributed by atoms with van der Waals surface area (Å²) in [5.74, 6) is 0.428. The Morgan fingerprint density at radius 2 is 2.57 bits per heavy atom. The maximum atomic E-state index is 5.26. The van der Waals surface area contributed by atoms with Crippen molar-refractivity contribution in [3.63, 3.8) is 0 Å². The highest BCUT2D eigenvalue weighted by molar-refractivity contribution is 4.81. The van der Waals surface area contributed by atoms with Crippen molar-refractivity contribution in [1.82, 2.24) is 0 Å². The molecule has 0 saturated heterocycles. The van der Waals surface area contributed by atoms with Crippen molar-refractivity contribution in [2.75, 3.05) is 6.54 Å². The first-order valence-corrected chi connectivity index (χ1v) is 2.37. The van der Waals surface area contributed by atoms with Crippen molar-refractivity contribution in [2.24, 2.45) is 11.7 Å². The molecule has 0 aliphatic heterocycles. The molecule has 0 bridgehead atoms. The molecule has 0 aliphatic carbocycles. The number of nitrogens with two attached hydrogens (primary N) is 1. The van der Waals surface area contributed by atoms with E-state index in [4.69, 9.17) is 5.73 Å². The van der Waals surface area contributed by atoms with Gasteiger partial charge >= 0.3 is 0 Å². The molecule has 2 N–H and O–H groups in total. The Morgan fingerprint density at radius 3 is 2.71 bits per heavy atom. The van der Waals surface area contributed by atoms with E-state index in [0.29, 0.717) is 12.5 Å². The Labute approximate surface area is 44.5 Å². The van der Waals surface area contributed by atoms with Gasteiger partial charge < -0.3 is 5.73 Å². The highest BCUT2D eigenvalue weighted by Gasteiger charge is 1.86. The fourth-order valence-electron chi connectivity index (χ4n) is 0.269. The Balaban J connectivity index is 3.35. The van der Waals surface area contributed by atoms with Gasteiger partial charge in [-0.05, 0) is 18.5 Å². The lowest BCUT2D eigenvalue weighted by Gasteiger charge is -1.94. The van der Waals surface area contributed by atoms with E-state index in [2.05, 4.69) is 12.3 Å². The highest BCUT2D eigenvalue weighted by Crippen LogP contribution is 1.88. The Hall–Kier alpha value is -0.520. The zero-order valence-corrected chi connectivity index (χ0v) is 4.65. The summed E-state index contributed by atoms with van der Waals surface area (Å²) in [6.07, 6.45) is 1.86. The van der Waals surface area contributed by atoms with Crippen LogP contribution in [0.2, 0.25) is 0 Å². The minimum atomic E-state index is 0.428. The maximum Gasteiger partial charge on any atom is -0.00107 e. The molecule has 1 nitrogen and oxygen atoms in total. The van der Waals surface area contributed by atoms with Crippen LogP contribution in [-0.2, 0) is 0 Å². The molecule has 0 aliphatic rings. The van der Waals surface area contributed by atoms with E-state index in [-0.39, 0.29) is 0 Å². The van der Waals surface area contributed by atoms with Gasteiger partial charge in [0.1, 0.15) is 0 Å². The summed E-state index contributed by atoms with van der Waals surface area (Å²) in [6.45, 7) is 6.12. The zero-order valence-electron chi connectivity index (χ0n) is 4.65. The SMILES string of the molecule is C=C=CC(C)CN. The minimum absolute atomic E-state index is 0.428. The van der Waals surface area contributed by atoms with Gasteiger partial charge in [-0.15, -0.1) is 5.73 Å². The first-order chi connectivity index (χ1) is 3.31. The molecule has 0 saturated carbocycles. The van der Waals surface area contributed by atoms with Crippen molar-refractivity contribution in [2.45, 2.75) is 6.92 Å². The molecule has 0 fully saturated rings. The second-order valence-corrected chi connectivity index (χ2v) is 1.58. The van der Waals surface area contributed by atoms with Gasteiger partial charge in [-0.25, -0.2) is 0 Å². The van der Waals surface area contributed by atoms with E-state index in [1.165, 1.54) is 0 Å². The van der Waals surface area contributed by atoms with Crippen LogP contribution in [0.4, 0.5) is 0 Å². The standard InChI is InChI=1S/C6H11N/c1-3-4-6(2)5-7/h4,6H,1,5,7H2,2H3. The molecule has 1 atom stereocenters. The molecule has 0 amide bonds.